The van der Waals surface area contributed by atoms with E-state index >= 15 is 0 Å². The predicted octanol–water partition coefficient (Wildman–Crippen LogP) is 1.32. The highest BCUT2D eigenvalue weighted by atomic mass is 32.1. The van der Waals surface area contributed by atoms with Gasteiger partial charge in [0.2, 0.25) is 0 Å². The number of urea groups is 1. The molecule has 1 aliphatic heterocycles. The highest BCUT2D eigenvalue weighted by Crippen LogP contribution is 2.24. The van der Waals surface area contributed by atoms with Crippen LogP contribution in [0.5, 0.6) is 0 Å². The van der Waals surface area contributed by atoms with Gasteiger partial charge in [-0.3, -0.25) is 4.90 Å². The Kier molecular flexibility index (Phi) is 1.95. The highest BCUT2D eigenvalue weighted by Gasteiger charge is 2.28. The maximum Gasteiger partial charge on any atom is 0.326 e. The Morgan fingerprint density at radius 2 is 2.31 bits per heavy atom. The lowest BCUT2D eigenvalue weighted by Gasteiger charge is -2.11. The predicted molar refractivity (Wildman–Crippen MR) is 52.2 cm³/mol. The van der Waals surface area contributed by atoms with Gasteiger partial charge in [-0.1, -0.05) is 0 Å². The topological polar surface area (TPSA) is 36.4 Å². The van der Waals surface area contributed by atoms with Crippen LogP contribution in [-0.2, 0) is 0 Å². The molecule has 0 aliphatic carbocycles. The number of rotatable bonds is 1. The molecule has 0 aromatic carbocycles. The molecule has 5 heteroatoms. The van der Waals surface area contributed by atoms with E-state index < -0.39 is 0 Å². The van der Waals surface area contributed by atoms with E-state index in [4.69, 9.17) is 0 Å². The van der Waals surface area contributed by atoms with Gasteiger partial charge in [-0.25, -0.2) is 9.78 Å². The first-order chi connectivity index (χ1) is 6.18. The first kappa shape index (κ1) is 8.50. The zero-order valence-electron chi connectivity index (χ0n) is 7.65. The number of nitrogens with zero attached hydrogens (tertiary/aromatic N) is 3. The Balaban J connectivity index is 2.23. The van der Waals surface area contributed by atoms with Crippen molar-refractivity contribution < 1.29 is 4.79 Å². The van der Waals surface area contributed by atoms with Crippen molar-refractivity contribution in [2.45, 2.75) is 6.92 Å². The number of aromatic nitrogens is 1. The summed E-state index contributed by atoms with van der Waals surface area (Å²) in [5.41, 5.74) is 0. The van der Waals surface area contributed by atoms with Crippen molar-refractivity contribution in [2.75, 3.05) is 25.0 Å². The number of aryl methyl sites for hydroxylation is 1. The zero-order chi connectivity index (χ0) is 9.42. The van der Waals surface area contributed by atoms with Gasteiger partial charge in [-0.2, -0.15) is 0 Å². The molecule has 1 aliphatic rings. The monoisotopic (exact) mass is 197 g/mol. The van der Waals surface area contributed by atoms with Gasteiger partial charge in [0.1, 0.15) is 0 Å². The molecule has 2 heterocycles. The molecular weight excluding hydrogens is 186 g/mol. The standard InChI is InChI=1S/C8H11N3OS/c1-6-5-9-7(13-6)11-4-3-10(2)8(11)12/h5H,3-4H2,1-2H3. The summed E-state index contributed by atoms with van der Waals surface area (Å²) in [6, 6.07) is 0.0503. The van der Waals surface area contributed by atoms with Gasteiger partial charge in [0.05, 0.1) is 0 Å². The average molecular weight is 197 g/mol. The molecule has 0 unspecified atom stereocenters. The molecule has 1 fully saturated rings. The number of anilines is 1. The maximum absolute atomic E-state index is 11.5. The summed E-state index contributed by atoms with van der Waals surface area (Å²) in [5.74, 6) is 0. The van der Waals surface area contributed by atoms with Crippen LogP contribution < -0.4 is 4.90 Å². The average Bonchev–Trinajstić information content (AvgIpc) is 2.62. The summed E-state index contributed by atoms with van der Waals surface area (Å²) in [6.07, 6.45) is 1.80. The van der Waals surface area contributed by atoms with Gasteiger partial charge in [0.15, 0.2) is 5.13 Å². The molecule has 70 valence electrons. The molecule has 0 N–H and O–H groups in total. The Morgan fingerprint density at radius 3 is 2.77 bits per heavy atom. The summed E-state index contributed by atoms with van der Waals surface area (Å²) in [5, 5.41) is 0.812. The summed E-state index contributed by atoms with van der Waals surface area (Å²) in [7, 11) is 1.81. The number of carbonyl (C=O) groups excluding carboxylic acids is 1. The van der Waals surface area contributed by atoms with Crippen molar-refractivity contribution in [3.05, 3.63) is 11.1 Å². The van der Waals surface area contributed by atoms with Gasteiger partial charge in [-0.15, -0.1) is 11.3 Å². The minimum absolute atomic E-state index is 0.0503. The van der Waals surface area contributed by atoms with Crippen LogP contribution in [0.1, 0.15) is 4.88 Å². The van der Waals surface area contributed by atoms with E-state index in [2.05, 4.69) is 4.98 Å². The second-order valence-corrected chi connectivity index (χ2v) is 4.32. The van der Waals surface area contributed by atoms with Gasteiger partial charge in [-0.05, 0) is 6.92 Å². The second-order valence-electron chi connectivity index (χ2n) is 3.11. The van der Waals surface area contributed by atoms with Gasteiger partial charge in [0, 0.05) is 31.2 Å². The van der Waals surface area contributed by atoms with E-state index in [-0.39, 0.29) is 6.03 Å². The van der Waals surface area contributed by atoms with E-state index in [0.29, 0.717) is 0 Å². The van der Waals surface area contributed by atoms with Crippen LogP contribution in [0.3, 0.4) is 0 Å². The van der Waals surface area contributed by atoms with E-state index in [9.17, 15) is 4.79 Å². The fourth-order valence-corrected chi connectivity index (χ4v) is 2.07. The van der Waals surface area contributed by atoms with Crippen molar-refractivity contribution in [3.8, 4) is 0 Å². The summed E-state index contributed by atoms with van der Waals surface area (Å²) >= 11 is 1.56. The van der Waals surface area contributed by atoms with Crippen molar-refractivity contribution in [3.63, 3.8) is 0 Å². The van der Waals surface area contributed by atoms with Gasteiger partial charge < -0.3 is 4.90 Å². The van der Waals surface area contributed by atoms with Crippen LogP contribution in [0.2, 0.25) is 0 Å². The molecule has 1 aromatic heterocycles. The van der Waals surface area contributed by atoms with Gasteiger partial charge >= 0.3 is 6.03 Å². The third-order valence-corrected chi connectivity index (χ3v) is 2.99. The summed E-state index contributed by atoms with van der Waals surface area (Å²) in [6.45, 7) is 3.53. The molecule has 0 spiro atoms. The third kappa shape index (κ3) is 1.39. The van der Waals surface area contributed by atoms with E-state index in [1.54, 1.807) is 27.3 Å². The molecule has 2 rings (SSSR count). The molecule has 0 radical (unpaired) electrons. The lowest BCUT2D eigenvalue weighted by atomic mass is 10.6. The van der Waals surface area contributed by atoms with E-state index in [1.165, 1.54) is 0 Å². The first-order valence-electron chi connectivity index (χ1n) is 4.13. The molecule has 0 bridgehead atoms. The first-order valence-corrected chi connectivity index (χ1v) is 4.95. The van der Waals surface area contributed by atoms with Crippen LogP contribution >= 0.6 is 11.3 Å². The normalized spacial score (nSPS) is 17.2. The second kappa shape index (κ2) is 2.99. The Bertz CT molecular complexity index is 336. The number of amides is 2. The smallest absolute Gasteiger partial charge is 0.326 e. The van der Waals surface area contributed by atoms with Crippen LogP contribution in [0.4, 0.5) is 9.93 Å². The van der Waals surface area contributed by atoms with Crippen molar-refractivity contribution in [2.24, 2.45) is 0 Å². The largest absolute Gasteiger partial charge is 0.326 e. The van der Waals surface area contributed by atoms with E-state index in [0.717, 1.165) is 23.1 Å². The number of likely N-dealkylation sites (N-methyl/N-ethyl adjacent to an activating group) is 1. The highest BCUT2D eigenvalue weighted by molar-refractivity contribution is 7.15. The maximum atomic E-state index is 11.5. The SMILES string of the molecule is Cc1cnc(N2CCN(C)C2=O)s1. The fourth-order valence-electron chi connectivity index (χ4n) is 1.29. The molecular formula is C8H11N3OS. The van der Waals surface area contributed by atoms with E-state index in [1.807, 2.05) is 14.0 Å². The van der Waals surface area contributed by atoms with Crippen molar-refractivity contribution in [1.82, 2.24) is 9.88 Å². The van der Waals surface area contributed by atoms with Crippen LogP contribution in [0.25, 0.3) is 0 Å². The molecule has 1 saturated heterocycles. The van der Waals surface area contributed by atoms with Crippen molar-refractivity contribution >= 4 is 22.5 Å². The number of hydrogen-bond donors (Lipinski definition) is 0. The molecule has 4 nitrogen and oxygen atoms in total. The van der Waals surface area contributed by atoms with Crippen molar-refractivity contribution in [1.29, 1.82) is 0 Å². The quantitative estimate of drug-likeness (QED) is 0.681. The molecule has 0 saturated carbocycles. The Hall–Kier alpha value is -1.10. The molecule has 13 heavy (non-hydrogen) atoms. The lowest BCUT2D eigenvalue weighted by molar-refractivity contribution is 0.229. The Morgan fingerprint density at radius 1 is 1.54 bits per heavy atom. The fraction of sp³-hybridized carbons (Fsp3) is 0.500. The number of hydrogen-bond acceptors (Lipinski definition) is 3. The lowest BCUT2D eigenvalue weighted by Crippen LogP contribution is -2.28. The van der Waals surface area contributed by atoms with Crippen LogP contribution in [0.15, 0.2) is 6.20 Å². The molecule has 2 amide bonds. The molecule has 1 aromatic rings. The van der Waals surface area contributed by atoms with Crippen LogP contribution in [-0.4, -0.2) is 36.1 Å². The minimum Gasteiger partial charge on any atom is -0.326 e. The Labute approximate surface area is 80.8 Å². The van der Waals surface area contributed by atoms with Crippen LogP contribution in [0, 0.1) is 6.92 Å². The third-order valence-electron chi connectivity index (χ3n) is 2.06. The zero-order valence-corrected chi connectivity index (χ0v) is 8.47. The molecule has 0 atom stereocenters. The summed E-state index contributed by atoms with van der Waals surface area (Å²) in [4.78, 5) is 20.3. The van der Waals surface area contributed by atoms with Gasteiger partial charge in [0.25, 0.3) is 0 Å². The summed E-state index contributed by atoms with van der Waals surface area (Å²) < 4.78 is 0. The minimum atomic E-state index is 0.0503. The number of thiazole rings is 1. The number of carbonyl (C=O) groups is 1.